The molecule has 0 atom stereocenters. The highest BCUT2D eigenvalue weighted by atomic mass is 79.9. The third-order valence-electron chi connectivity index (χ3n) is 2.08. The molecule has 1 rings (SSSR count). The maximum atomic E-state index is 8.67. The average Bonchev–Trinajstić information content (AvgIpc) is 2.34. The highest BCUT2D eigenvalue weighted by Crippen LogP contribution is 2.23. The number of nitrogens with zero attached hydrogens (tertiary/aromatic N) is 1. The van der Waals surface area contributed by atoms with Crippen molar-refractivity contribution in [2.24, 2.45) is 10.9 Å². The lowest BCUT2D eigenvalue weighted by Gasteiger charge is -2.10. The molecule has 0 bridgehead atoms. The molecule has 0 aromatic heterocycles. The molecule has 0 amide bonds. The van der Waals surface area contributed by atoms with Crippen molar-refractivity contribution < 1.29 is 14.7 Å². The summed E-state index contributed by atoms with van der Waals surface area (Å²) in [4.78, 5) is 0. The summed E-state index contributed by atoms with van der Waals surface area (Å²) >= 11 is 3.34. The zero-order valence-electron chi connectivity index (χ0n) is 9.52. The van der Waals surface area contributed by atoms with Crippen molar-refractivity contribution in [3.63, 3.8) is 0 Å². The van der Waals surface area contributed by atoms with E-state index in [2.05, 4.69) is 21.1 Å². The van der Waals surface area contributed by atoms with Gasteiger partial charge in [0.05, 0.1) is 12.2 Å². The molecule has 17 heavy (non-hydrogen) atoms. The van der Waals surface area contributed by atoms with Crippen LogP contribution in [0.5, 0.6) is 5.75 Å². The van der Waals surface area contributed by atoms with Gasteiger partial charge in [-0.3, -0.25) is 0 Å². The van der Waals surface area contributed by atoms with E-state index in [9.17, 15) is 0 Å². The van der Waals surface area contributed by atoms with Crippen molar-refractivity contribution >= 4 is 21.8 Å². The fraction of sp³-hybridized carbons (Fsp3) is 0.364. The van der Waals surface area contributed by atoms with Gasteiger partial charge in [0.15, 0.2) is 5.84 Å². The molecule has 0 radical (unpaired) electrons. The zero-order chi connectivity index (χ0) is 12.7. The molecule has 0 aliphatic heterocycles. The van der Waals surface area contributed by atoms with Crippen molar-refractivity contribution in [1.82, 2.24) is 0 Å². The second kappa shape index (κ2) is 7.13. The number of benzene rings is 1. The Morgan fingerprint density at radius 2 is 2.24 bits per heavy atom. The van der Waals surface area contributed by atoms with Gasteiger partial charge in [-0.05, 0) is 18.2 Å². The maximum absolute atomic E-state index is 8.67. The lowest BCUT2D eigenvalue weighted by atomic mass is 10.2. The Bertz CT molecular complexity index is 396. The number of ether oxygens (including phenoxy) is 2. The van der Waals surface area contributed by atoms with Crippen LogP contribution in [-0.4, -0.2) is 31.4 Å². The second-order valence-corrected chi connectivity index (χ2v) is 4.24. The van der Waals surface area contributed by atoms with Crippen LogP contribution >= 0.6 is 15.9 Å². The number of hydrogen-bond acceptors (Lipinski definition) is 4. The zero-order valence-corrected chi connectivity index (χ0v) is 11.1. The number of nitrogens with two attached hydrogens (primary N) is 1. The minimum absolute atomic E-state index is 0.0271. The van der Waals surface area contributed by atoms with E-state index in [1.54, 1.807) is 25.3 Å². The van der Waals surface area contributed by atoms with Gasteiger partial charge in [0.25, 0.3) is 0 Å². The number of hydrogen-bond donors (Lipinski definition) is 2. The van der Waals surface area contributed by atoms with Crippen LogP contribution in [0.1, 0.15) is 12.0 Å². The Labute approximate surface area is 108 Å². The standard InChI is InChI=1S/C11H15BrN2O3/c1-16-5-2-6-17-10-7-8(12)3-4-9(10)11(13)14-15/h3-4,7,15H,2,5-6H2,1H3,(H2,13,14). The Kier molecular flexibility index (Phi) is 5.79. The largest absolute Gasteiger partial charge is 0.493 e. The van der Waals surface area contributed by atoms with Gasteiger partial charge in [0.1, 0.15) is 5.75 Å². The quantitative estimate of drug-likeness (QED) is 0.277. The first-order valence-corrected chi connectivity index (χ1v) is 5.87. The van der Waals surface area contributed by atoms with Crippen molar-refractivity contribution in [3.8, 4) is 5.75 Å². The second-order valence-electron chi connectivity index (χ2n) is 3.32. The van der Waals surface area contributed by atoms with Gasteiger partial charge in [0, 0.05) is 24.6 Å². The molecule has 0 fully saturated rings. The van der Waals surface area contributed by atoms with Crippen LogP contribution in [0.3, 0.4) is 0 Å². The molecular formula is C11H15BrN2O3. The maximum Gasteiger partial charge on any atom is 0.173 e. The van der Waals surface area contributed by atoms with Gasteiger partial charge in [0.2, 0.25) is 0 Å². The number of oxime groups is 1. The molecule has 0 heterocycles. The first-order valence-electron chi connectivity index (χ1n) is 5.08. The summed E-state index contributed by atoms with van der Waals surface area (Å²) in [5.41, 5.74) is 6.12. The summed E-state index contributed by atoms with van der Waals surface area (Å²) in [6, 6.07) is 5.31. The van der Waals surface area contributed by atoms with E-state index in [1.807, 2.05) is 0 Å². The Hall–Kier alpha value is -1.27. The highest BCUT2D eigenvalue weighted by molar-refractivity contribution is 9.10. The molecule has 0 unspecified atom stereocenters. The predicted molar refractivity (Wildman–Crippen MR) is 68.6 cm³/mol. The average molecular weight is 303 g/mol. The topological polar surface area (TPSA) is 77.1 Å². The number of methoxy groups -OCH3 is 1. The summed E-state index contributed by atoms with van der Waals surface area (Å²) in [5.74, 6) is 0.602. The van der Waals surface area contributed by atoms with E-state index in [1.165, 1.54) is 0 Å². The molecule has 1 aromatic rings. The van der Waals surface area contributed by atoms with Crippen molar-refractivity contribution in [3.05, 3.63) is 28.2 Å². The molecule has 3 N–H and O–H groups in total. The fourth-order valence-corrected chi connectivity index (χ4v) is 1.61. The predicted octanol–water partition coefficient (Wildman–Crippen LogP) is 1.96. The molecule has 0 spiro atoms. The molecule has 6 heteroatoms. The SMILES string of the molecule is COCCCOc1cc(Br)ccc1/C(N)=N/O. The smallest absolute Gasteiger partial charge is 0.173 e. The summed E-state index contributed by atoms with van der Waals surface area (Å²) in [5, 5.41) is 11.6. The highest BCUT2D eigenvalue weighted by Gasteiger charge is 2.08. The summed E-state index contributed by atoms with van der Waals surface area (Å²) in [7, 11) is 1.64. The summed E-state index contributed by atoms with van der Waals surface area (Å²) in [6.07, 6.45) is 0.776. The Morgan fingerprint density at radius 3 is 2.88 bits per heavy atom. The summed E-state index contributed by atoms with van der Waals surface area (Å²) < 4.78 is 11.4. The van der Waals surface area contributed by atoms with Gasteiger partial charge in [-0.15, -0.1) is 0 Å². The van der Waals surface area contributed by atoms with Crippen LogP contribution in [0.25, 0.3) is 0 Å². The Morgan fingerprint density at radius 1 is 1.47 bits per heavy atom. The lowest BCUT2D eigenvalue weighted by Crippen LogP contribution is -2.15. The molecule has 94 valence electrons. The van der Waals surface area contributed by atoms with Crippen LogP contribution in [0.2, 0.25) is 0 Å². The minimum Gasteiger partial charge on any atom is -0.493 e. The van der Waals surface area contributed by atoms with Crippen molar-refractivity contribution in [1.29, 1.82) is 0 Å². The molecule has 0 saturated heterocycles. The van der Waals surface area contributed by atoms with Crippen LogP contribution in [0, 0.1) is 0 Å². The van der Waals surface area contributed by atoms with Gasteiger partial charge in [-0.1, -0.05) is 21.1 Å². The van der Waals surface area contributed by atoms with E-state index in [0.29, 0.717) is 24.5 Å². The normalized spacial score (nSPS) is 11.5. The van der Waals surface area contributed by atoms with E-state index in [4.69, 9.17) is 20.4 Å². The van der Waals surface area contributed by atoms with Gasteiger partial charge < -0.3 is 20.4 Å². The lowest BCUT2D eigenvalue weighted by molar-refractivity contribution is 0.172. The summed E-state index contributed by atoms with van der Waals surface area (Å²) in [6.45, 7) is 1.14. The van der Waals surface area contributed by atoms with Crippen LogP contribution in [-0.2, 0) is 4.74 Å². The van der Waals surface area contributed by atoms with Gasteiger partial charge >= 0.3 is 0 Å². The fourth-order valence-electron chi connectivity index (χ4n) is 1.27. The first-order chi connectivity index (χ1) is 8.19. The third kappa shape index (κ3) is 4.24. The van der Waals surface area contributed by atoms with Crippen LogP contribution in [0.15, 0.2) is 27.8 Å². The Balaban J connectivity index is 2.77. The first kappa shape index (κ1) is 13.8. The monoisotopic (exact) mass is 302 g/mol. The van der Waals surface area contributed by atoms with E-state index >= 15 is 0 Å². The van der Waals surface area contributed by atoms with Gasteiger partial charge in [-0.2, -0.15) is 0 Å². The van der Waals surface area contributed by atoms with E-state index in [-0.39, 0.29) is 5.84 Å². The number of rotatable bonds is 6. The molecular weight excluding hydrogens is 288 g/mol. The number of amidine groups is 1. The van der Waals surface area contributed by atoms with E-state index < -0.39 is 0 Å². The van der Waals surface area contributed by atoms with E-state index in [0.717, 1.165) is 10.9 Å². The van der Waals surface area contributed by atoms with Gasteiger partial charge in [-0.25, -0.2) is 0 Å². The molecule has 0 saturated carbocycles. The minimum atomic E-state index is 0.0271. The van der Waals surface area contributed by atoms with Crippen LogP contribution in [0.4, 0.5) is 0 Å². The third-order valence-corrected chi connectivity index (χ3v) is 2.57. The molecule has 5 nitrogen and oxygen atoms in total. The van der Waals surface area contributed by atoms with Crippen molar-refractivity contribution in [2.45, 2.75) is 6.42 Å². The molecule has 0 aliphatic rings. The molecule has 0 aliphatic carbocycles. The number of halogens is 1. The van der Waals surface area contributed by atoms with Crippen LogP contribution < -0.4 is 10.5 Å². The van der Waals surface area contributed by atoms with Crippen molar-refractivity contribution in [2.75, 3.05) is 20.3 Å². The molecule has 1 aromatic carbocycles.